The van der Waals surface area contributed by atoms with Gasteiger partial charge in [-0.3, -0.25) is 4.79 Å². The van der Waals surface area contributed by atoms with Gasteiger partial charge in [-0.2, -0.15) is 4.98 Å². The minimum Gasteiger partial charge on any atom is -0.350 e. The molecule has 2 rings (SSSR count). The van der Waals surface area contributed by atoms with E-state index in [-0.39, 0.29) is 11.6 Å². The summed E-state index contributed by atoms with van der Waals surface area (Å²) in [5.41, 5.74) is 0.369. The number of aromatic nitrogens is 5. The number of aromatic amines is 1. The Morgan fingerprint density at radius 1 is 1.48 bits per heavy atom. The molecule has 0 bridgehead atoms. The van der Waals surface area contributed by atoms with Crippen LogP contribution in [0.25, 0.3) is 0 Å². The maximum Gasteiger partial charge on any atom is 0.345 e. The van der Waals surface area contributed by atoms with E-state index in [1.165, 1.54) is 11.8 Å². The first-order valence-electron chi connectivity index (χ1n) is 7.31. The van der Waals surface area contributed by atoms with Gasteiger partial charge in [0.15, 0.2) is 5.16 Å². The molecule has 2 heterocycles. The average molecular weight is 336 g/mol. The molecule has 0 unspecified atom stereocenters. The Morgan fingerprint density at radius 3 is 2.91 bits per heavy atom. The summed E-state index contributed by atoms with van der Waals surface area (Å²) in [5, 5.41) is 11.3. The molecule has 0 saturated heterocycles. The van der Waals surface area contributed by atoms with Crippen LogP contribution in [0, 0.1) is 5.92 Å². The number of aryl methyl sites for hydroxylation is 1. The fourth-order valence-electron chi connectivity index (χ4n) is 1.97. The van der Waals surface area contributed by atoms with Gasteiger partial charge in [-0.25, -0.2) is 4.79 Å². The lowest BCUT2D eigenvalue weighted by atomic mass is 10.1. The summed E-state index contributed by atoms with van der Waals surface area (Å²) in [4.78, 5) is 30.0. The van der Waals surface area contributed by atoms with E-state index < -0.39 is 5.69 Å². The van der Waals surface area contributed by atoms with Crippen molar-refractivity contribution in [3.8, 4) is 0 Å². The van der Waals surface area contributed by atoms with Gasteiger partial charge in [0.25, 0.3) is 5.91 Å². The molecule has 2 N–H and O–H groups in total. The molecule has 1 amide bonds. The van der Waals surface area contributed by atoms with Crippen LogP contribution in [0.15, 0.2) is 22.3 Å². The number of amides is 1. The zero-order chi connectivity index (χ0) is 16.8. The van der Waals surface area contributed by atoms with Crippen LogP contribution in [-0.4, -0.2) is 42.9 Å². The minimum atomic E-state index is -0.498. The van der Waals surface area contributed by atoms with Gasteiger partial charge in [-0.1, -0.05) is 25.6 Å². The van der Waals surface area contributed by atoms with Crippen LogP contribution in [0.5, 0.6) is 0 Å². The van der Waals surface area contributed by atoms with Crippen LogP contribution in [-0.2, 0) is 13.5 Å². The lowest BCUT2D eigenvalue weighted by molar-refractivity contribution is 0.0950. The van der Waals surface area contributed by atoms with E-state index in [1.807, 2.05) is 25.5 Å². The standard InChI is InChI=1S/C14H20N6O2S/c1-9(2)6-10-7-11(18-13(22)17-10)12(21)15-4-5-23-14-19-16-8-20(14)3/h7-9H,4-6H2,1-3H3,(H,15,21)(H,17,18,22). The third kappa shape index (κ3) is 5.20. The Labute approximate surface area is 138 Å². The monoisotopic (exact) mass is 336 g/mol. The van der Waals surface area contributed by atoms with E-state index in [0.717, 1.165) is 10.9 Å². The molecule has 23 heavy (non-hydrogen) atoms. The topological polar surface area (TPSA) is 106 Å². The lowest BCUT2D eigenvalue weighted by Gasteiger charge is -2.07. The van der Waals surface area contributed by atoms with Crippen molar-refractivity contribution in [3.05, 3.63) is 34.3 Å². The molecule has 0 spiro atoms. The summed E-state index contributed by atoms with van der Waals surface area (Å²) in [7, 11) is 1.86. The first-order chi connectivity index (χ1) is 11.0. The molecule has 0 aromatic carbocycles. The Bertz CT molecular complexity index is 724. The molecule has 0 aliphatic rings. The Balaban J connectivity index is 1.89. The summed E-state index contributed by atoms with van der Waals surface area (Å²) >= 11 is 1.49. The number of nitrogens with zero attached hydrogens (tertiary/aromatic N) is 4. The predicted molar refractivity (Wildman–Crippen MR) is 87.5 cm³/mol. The van der Waals surface area contributed by atoms with Crippen molar-refractivity contribution in [1.29, 1.82) is 0 Å². The summed E-state index contributed by atoms with van der Waals surface area (Å²) in [5.74, 6) is 0.687. The highest BCUT2D eigenvalue weighted by Gasteiger charge is 2.11. The van der Waals surface area contributed by atoms with Crippen LogP contribution in [0.3, 0.4) is 0 Å². The van der Waals surface area contributed by atoms with Crippen LogP contribution in [0.2, 0.25) is 0 Å². The largest absolute Gasteiger partial charge is 0.350 e. The molecule has 8 nitrogen and oxygen atoms in total. The van der Waals surface area contributed by atoms with Crippen molar-refractivity contribution in [2.45, 2.75) is 25.4 Å². The molecule has 2 aromatic rings. The number of nitrogens with one attached hydrogen (secondary N) is 2. The maximum absolute atomic E-state index is 12.1. The summed E-state index contributed by atoms with van der Waals surface area (Å²) in [6.45, 7) is 4.54. The number of carbonyl (C=O) groups is 1. The van der Waals surface area contributed by atoms with Crippen molar-refractivity contribution < 1.29 is 4.79 Å². The first-order valence-corrected chi connectivity index (χ1v) is 8.29. The fraction of sp³-hybridized carbons (Fsp3) is 0.500. The van der Waals surface area contributed by atoms with E-state index in [9.17, 15) is 9.59 Å². The molecule has 124 valence electrons. The second kappa shape index (κ2) is 7.91. The highest BCUT2D eigenvalue weighted by molar-refractivity contribution is 7.99. The van der Waals surface area contributed by atoms with Crippen molar-refractivity contribution in [1.82, 2.24) is 30.0 Å². The van der Waals surface area contributed by atoms with Crippen molar-refractivity contribution in [2.24, 2.45) is 13.0 Å². The molecular weight excluding hydrogens is 316 g/mol. The highest BCUT2D eigenvalue weighted by Crippen LogP contribution is 2.12. The second-order valence-electron chi connectivity index (χ2n) is 5.52. The van der Waals surface area contributed by atoms with Crippen LogP contribution in [0.4, 0.5) is 0 Å². The van der Waals surface area contributed by atoms with Gasteiger partial charge in [-0.15, -0.1) is 10.2 Å². The molecule has 0 radical (unpaired) electrons. The Morgan fingerprint density at radius 2 is 2.26 bits per heavy atom. The van der Waals surface area contributed by atoms with Crippen LogP contribution < -0.4 is 11.0 Å². The summed E-state index contributed by atoms with van der Waals surface area (Å²) in [6, 6.07) is 1.63. The number of H-pyrrole nitrogens is 1. The number of hydrogen-bond donors (Lipinski definition) is 2. The van der Waals surface area contributed by atoms with Gasteiger partial charge < -0.3 is 14.9 Å². The molecule has 0 atom stereocenters. The summed E-state index contributed by atoms with van der Waals surface area (Å²) in [6.07, 6.45) is 2.32. The van der Waals surface area contributed by atoms with Gasteiger partial charge in [-0.05, 0) is 18.4 Å². The Kier molecular flexibility index (Phi) is 5.91. The van der Waals surface area contributed by atoms with Crippen molar-refractivity contribution in [2.75, 3.05) is 12.3 Å². The van der Waals surface area contributed by atoms with E-state index in [4.69, 9.17) is 0 Å². The van der Waals surface area contributed by atoms with Crippen molar-refractivity contribution >= 4 is 17.7 Å². The van der Waals surface area contributed by atoms with Crippen LogP contribution >= 0.6 is 11.8 Å². The maximum atomic E-state index is 12.1. The fourth-order valence-corrected chi connectivity index (χ4v) is 2.72. The van der Waals surface area contributed by atoms with E-state index >= 15 is 0 Å². The van der Waals surface area contributed by atoms with Crippen molar-refractivity contribution in [3.63, 3.8) is 0 Å². The van der Waals surface area contributed by atoms with E-state index in [1.54, 1.807) is 12.4 Å². The third-order valence-corrected chi connectivity index (χ3v) is 3.99. The highest BCUT2D eigenvalue weighted by atomic mass is 32.2. The predicted octanol–water partition coefficient (Wildman–Crippen LogP) is 0.619. The molecule has 9 heteroatoms. The lowest BCUT2D eigenvalue weighted by Crippen LogP contribution is -2.29. The molecular formula is C14H20N6O2S. The number of rotatable bonds is 7. The van der Waals surface area contributed by atoms with E-state index in [0.29, 0.717) is 24.6 Å². The number of carbonyl (C=O) groups excluding carboxylic acids is 1. The van der Waals surface area contributed by atoms with Gasteiger partial charge >= 0.3 is 5.69 Å². The van der Waals surface area contributed by atoms with Gasteiger partial charge in [0.1, 0.15) is 12.0 Å². The van der Waals surface area contributed by atoms with Gasteiger partial charge in [0.05, 0.1) is 0 Å². The molecule has 0 fully saturated rings. The average Bonchev–Trinajstić information content (AvgIpc) is 2.87. The third-order valence-electron chi connectivity index (χ3n) is 2.95. The number of thioether (sulfide) groups is 1. The van der Waals surface area contributed by atoms with Crippen LogP contribution in [0.1, 0.15) is 30.0 Å². The quantitative estimate of drug-likeness (QED) is 0.567. The molecule has 2 aromatic heterocycles. The molecule has 0 aliphatic carbocycles. The molecule has 0 aliphatic heterocycles. The van der Waals surface area contributed by atoms with Gasteiger partial charge in [0.2, 0.25) is 0 Å². The smallest absolute Gasteiger partial charge is 0.345 e. The SMILES string of the molecule is CC(C)Cc1cc(C(=O)NCCSc2nncn2C)nc(=O)[nH]1. The Hall–Kier alpha value is -2.16. The summed E-state index contributed by atoms with van der Waals surface area (Å²) < 4.78 is 1.81. The normalized spacial score (nSPS) is 11.0. The first kappa shape index (κ1) is 17.2. The van der Waals surface area contributed by atoms with E-state index in [2.05, 4.69) is 25.5 Å². The minimum absolute atomic E-state index is 0.146. The second-order valence-corrected chi connectivity index (χ2v) is 6.59. The zero-order valence-corrected chi connectivity index (χ0v) is 14.2. The molecule has 0 saturated carbocycles. The van der Waals surface area contributed by atoms with Gasteiger partial charge in [0, 0.05) is 25.0 Å². The number of hydrogen-bond acceptors (Lipinski definition) is 6. The zero-order valence-electron chi connectivity index (χ0n) is 13.4.